The Kier molecular flexibility index (Phi) is 5.38. The second kappa shape index (κ2) is 7.70. The van der Waals surface area contributed by atoms with E-state index in [1.807, 2.05) is 17.0 Å². The molecule has 0 aliphatic carbocycles. The highest BCUT2D eigenvalue weighted by atomic mass is 16.2. The molecule has 1 aliphatic heterocycles. The average molecular weight is 339 g/mol. The average Bonchev–Trinajstić information content (AvgIpc) is 3.07. The number of aromatic nitrogens is 3. The van der Waals surface area contributed by atoms with Crippen LogP contribution in [0.15, 0.2) is 36.9 Å². The lowest BCUT2D eigenvalue weighted by atomic mass is 9.98. The van der Waals surface area contributed by atoms with Gasteiger partial charge in [0.2, 0.25) is 0 Å². The summed E-state index contributed by atoms with van der Waals surface area (Å²) in [6.07, 6.45) is 8.95. The predicted octanol–water partition coefficient (Wildman–Crippen LogP) is 2.34. The first kappa shape index (κ1) is 17.5. The maximum atomic E-state index is 12.8. The van der Waals surface area contributed by atoms with E-state index in [0.29, 0.717) is 23.3 Å². The summed E-state index contributed by atoms with van der Waals surface area (Å²) in [5.41, 5.74) is 1.44. The van der Waals surface area contributed by atoms with E-state index in [4.69, 9.17) is 0 Å². The van der Waals surface area contributed by atoms with Crippen LogP contribution < -0.4 is 0 Å². The van der Waals surface area contributed by atoms with Gasteiger partial charge in [-0.15, -0.1) is 0 Å². The van der Waals surface area contributed by atoms with E-state index in [1.54, 1.807) is 24.8 Å². The Morgan fingerprint density at radius 1 is 1.20 bits per heavy atom. The van der Waals surface area contributed by atoms with Crippen LogP contribution in [-0.4, -0.2) is 63.9 Å². The van der Waals surface area contributed by atoms with Crippen molar-refractivity contribution in [2.45, 2.75) is 25.8 Å². The van der Waals surface area contributed by atoms with Crippen LogP contribution >= 0.6 is 0 Å². The van der Waals surface area contributed by atoms with Gasteiger partial charge in [0.05, 0.1) is 5.56 Å². The lowest BCUT2D eigenvalue weighted by Gasteiger charge is -2.24. The maximum Gasteiger partial charge on any atom is 0.257 e. The number of carbonyl (C=O) groups is 1. The van der Waals surface area contributed by atoms with Crippen molar-refractivity contribution in [3.8, 4) is 11.4 Å². The molecule has 25 heavy (non-hydrogen) atoms. The van der Waals surface area contributed by atoms with Gasteiger partial charge >= 0.3 is 0 Å². The molecule has 0 unspecified atom stereocenters. The van der Waals surface area contributed by atoms with Gasteiger partial charge in [-0.2, -0.15) is 0 Å². The first-order chi connectivity index (χ1) is 12.1. The van der Waals surface area contributed by atoms with Crippen molar-refractivity contribution in [2.75, 3.05) is 27.2 Å². The van der Waals surface area contributed by atoms with Crippen LogP contribution in [0.1, 0.15) is 30.1 Å². The molecule has 2 aromatic heterocycles. The fourth-order valence-electron chi connectivity index (χ4n) is 3.53. The molecule has 1 saturated heterocycles. The van der Waals surface area contributed by atoms with Crippen molar-refractivity contribution in [3.05, 3.63) is 42.5 Å². The highest BCUT2D eigenvalue weighted by Gasteiger charge is 2.36. The van der Waals surface area contributed by atoms with Gasteiger partial charge in [0.15, 0.2) is 5.82 Å². The second-order valence-corrected chi connectivity index (χ2v) is 6.82. The van der Waals surface area contributed by atoms with Crippen molar-refractivity contribution in [1.29, 1.82) is 0 Å². The summed E-state index contributed by atoms with van der Waals surface area (Å²) < 4.78 is 0. The van der Waals surface area contributed by atoms with Crippen molar-refractivity contribution in [2.24, 2.45) is 5.92 Å². The third kappa shape index (κ3) is 3.85. The first-order valence-corrected chi connectivity index (χ1v) is 8.78. The molecule has 0 bridgehead atoms. The smallest absolute Gasteiger partial charge is 0.257 e. The van der Waals surface area contributed by atoms with Crippen LogP contribution in [0.5, 0.6) is 0 Å². The van der Waals surface area contributed by atoms with Crippen LogP contribution in [0.25, 0.3) is 11.4 Å². The van der Waals surface area contributed by atoms with Crippen LogP contribution in [0.4, 0.5) is 0 Å². The summed E-state index contributed by atoms with van der Waals surface area (Å²) in [7, 11) is 4.18. The highest BCUT2D eigenvalue weighted by Crippen LogP contribution is 2.26. The van der Waals surface area contributed by atoms with Gasteiger partial charge in [0.1, 0.15) is 0 Å². The fraction of sp³-hybridized carbons (Fsp3) is 0.474. The Labute approximate surface area is 148 Å². The third-order valence-electron chi connectivity index (χ3n) is 4.85. The number of rotatable bonds is 5. The summed E-state index contributed by atoms with van der Waals surface area (Å²) >= 11 is 0. The van der Waals surface area contributed by atoms with Crippen molar-refractivity contribution in [1.82, 2.24) is 24.8 Å². The number of hydrogen-bond acceptors (Lipinski definition) is 5. The molecule has 1 fully saturated rings. The zero-order chi connectivity index (χ0) is 17.8. The molecular formula is C19H25N5O. The van der Waals surface area contributed by atoms with Gasteiger partial charge < -0.3 is 9.80 Å². The molecule has 1 aliphatic rings. The molecule has 3 rings (SSSR count). The molecule has 0 spiro atoms. The summed E-state index contributed by atoms with van der Waals surface area (Å²) in [6, 6.07) is 4.13. The largest absolute Gasteiger partial charge is 0.337 e. The predicted molar refractivity (Wildman–Crippen MR) is 97.0 cm³/mol. The lowest BCUT2D eigenvalue weighted by molar-refractivity contribution is 0.0780. The van der Waals surface area contributed by atoms with Crippen LogP contribution in [0.3, 0.4) is 0 Å². The monoisotopic (exact) mass is 339 g/mol. The second-order valence-electron chi connectivity index (χ2n) is 6.82. The number of likely N-dealkylation sites (N-methyl/N-ethyl adjacent to an activating group) is 1. The molecule has 1 amide bonds. The molecule has 6 nitrogen and oxygen atoms in total. The van der Waals surface area contributed by atoms with Gasteiger partial charge in [-0.25, -0.2) is 9.97 Å². The molecule has 132 valence electrons. The lowest BCUT2D eigenvalue weighted by Crippen LogP contribution is -2.36. The van der Waals surface area contributed by atoms with E-state index >= 15 is 0 Å². The number of hydrogen-bond donors (Lipinski definition) is 0. The molecule has 0 aromatic carbocycles. The zero-order valence-electron chi connectivity index (χ0n) is 15.1. The highest BCUT2D eigenvalue weighted by molar-refractivity contribution is 5.94. The van der Waals surface area contributed by atoms with Gasteiger partial charge in [0, 0.05) is 49.5 Å². The van der Waals surface area contributed by atoms with Crippen molar-refractivity contribution in [3.63, 3.8) is 0 Å². The van der Waals surface area contributed by atoms with Crippen molar-refractivity contribution >= 4 is 5.91 Å². The Balaban J connectivity index is 1.73. The minimum atomic E-state index is 0.0201. The number of amides is 1. The van der Waals surface area contributed by atoms with E-state index < -0.39 is 0 Å². The molecule has 6 heteroatoms. The minimum absolute atomic E-state index is 0.0201. The molecule has 0 N–H and O–H groups in total. The van der Waals surface area contributed by atoms with Crippen LogP contribution in [-0.2, 0) is 0 Å². The van der Waals surface area contributed by atoms with Crippen LogP contribution in [0, 0.1) is 5.92 Å². The topological polar surface area (TPSA) is 62.2 Å². The van der Waals surface area contributed by atoms with E-state index in [0.717, 1.165) is 31.5 Å². The maximum absolute atomic E-state index is 12.8. The number of carbonyl (C=O) groups excluding carboxylic acids is 1. The standard InChI is InChI=1S/C19H25N5O/c1-4-5-15-12-24(13-17(15)23(2)3)19(25)16-10-21-18(22-11-16)14-6-8-20-9-7-14/h6-11,15,17H,4-5,12-13H2,1-3H3/t15-,17-/m1/s1. The SMILES string of the molecule is CCC[C@@H]1CN(C(=O)c2cnc(-c3ccncc3)nc2)C[C@H]1N(C)C. The first-order valence-electron chi connectivity index (χ1n) is 8.78. The number of likely N-dealkylation sites (tertiary alicyclic amines) is 1. The van der Waals surface area contributed by atoms with Gasteiger partial charge in [-0.05, 0) is 38.6 Å². The van der Waals surface area contributed by atoms with Gasteiger partial charge in [-0.3, -0.25) is 9.78 Å². The van der Waals surface area contributed by atoms with E-state index in [-0.39, 0.29) is 5.91 Å². The molecular weight excluding hydrogens is 314 g/mol. The number of pyridine rings is 1. The van der Waals surface area contributed by atoms with E-state index in [2.05, 4.69) is 40.9 Å². The molecule has 0 saturated carbocycles. The van der Waals surface area contributed by atoms with Gasteiger partial charge in [0.25, 0.3) is 5.91 Å². The Morgan fingerprint density at radius 2 is 1.88 bits per heavy atom. The number of nitrogens with zero attached hydrogens (tertiary/aromatic N) is 5. The normalized spacial score (nSPS) is 20.2. The van der Waals surface area contributed by atoms with Crippen LogP contribution in [0.2, 0.25) is 0 Å². The summed E-state index contributed by atoms with van der Waals surface area (Å²) in [4.78, 5) is 29.7. The summed E-state index contributed by atoms with van der Waals surface area (Å²) in [6.45, 7) is 3.77. The van der Waals surface area contributed by atoms with E-state index in [9.17, 15) is 4.79 Å². The van der Waals surface area contributed by atoms with E-state index in [1.165, 1.54) is 0 Å². The third-order valence-corrected chi connectivity index (χ3v) is 4.85. The van der Waals surface area contributed by atoms with Crippen molar-refractivity contribution < 1.29 is 4.79 Å². The fourth-order valence-corrected chi connectivity index (χ4v) is 3.53. The Morgan fingerprint density at radius 3 is 2.48 bits per heavy atom. The summed E-state index contributed by atoms with van der Waals surface area (Å²) in [5.74, 6) is 1.16. The summed E-state index contributed by atoms with van der Waals surface area (Å²) in [5, 5.41) is 0. The molecule has 2 atom stereocenters. The Hall–Kier alpha value is -2.34. The van der Waals surface area contributed by atoms with Gasteiger partial charge in [-0.1, -0.05) is 13.3 Å². The molecule has 0 radical (unpaired) electrons. The minimum Gasteiger partial charge on any atom is -0.337 e. The quantitative estimate of drug-likeness (QED) is 0.837. The Bertz CT molecular complexity index is 702. The molecule has 2 aromatic rings. The zero-order valence-corrected chi connectivity index (χ0v) is 15.1. The molecule has 3 heterocycles.